The smallest absolute Gasteiger partial charge is 0.258 e. The van der Waals surface area contributed by atoms with Crippen LogP contribution in [-0.4, -0.2) is 25.7 Å². The van der Waals surface area contributed by atoms with Crippen molar-refractivity contribution in [1.82, 2.24) is 19.7 Å². The third-order valence-corrected chi connectivity index (χ3v) is 5.22. The first-order valence-electron chi connectivity index (χ1n) is 8.59. The Morgan fingerprint density at radius 1 is 1.14 bits per heavy atom. The van der Waals surface area contributed by atoms with Crippen molar-refractivity contribution in [3.05, 3.63) is 69.2 Å². The fraction of sp³-hybridized carbons (Fsp3) is 0.150. The predicted molar refractivity (Wildman–Crippen MR) is 110 cm³/mol. The summed E-state index contributed by atoms with van der Waals surface area (Å²) >= 11 is 1.24. The van der Waals surface area contributed by atoms with Crippen molar-refractivity contribution in [1.29, 1.82) is 0 Å². The lowest BCUT2D eigenvalue weighted by Crippen LogP contribution is -2.20. The van der Waals surface area contributed by atoms with E-state index in [2.05, 4.69) is 20.5 Å². The van der Waals surface area contributed by atoms with Gasteiger partial charge in [-0.15, -0.1) is 10.2 Å². The van der Waals surface area contributed by atoms with Crippen molar-refractivity contribution < 1.29 is 4.79 Å². The van der Waals surface area contributed by atoms with Crippen LogP contribution in [0.4, 0.5) is 5.13 Å². The van der Waals surface area contributed by atoms with Gasteiger partial charge in [0.15, 0.2) is 0 Å². The Balaban J connectivity index is 1.83. The molecule has 1 amide bonds. The molecule has 4 aromatic rings. The molecule has 28 heavy (non-hydrogen) atoms. The molecule has 0 saturated carbocycles. The topological polar surface area (TPSA) is 89.8 Å². The van der Waals surface area contributed by atoms with Crippen LogP contribution in [0.15, 0.2) is 46.8 Å². The van der Waals surface area contributed by atoms with Crippen LogP contribution in [0, 0.1) is 13.8 Å². The van der Waals surface area contributed by atoms with Gasteiger partial charge in [0.05, 0.1) is 5.52 Å². The first-order chi connectivity index (χ1) is 13.4. The zero-order chi connectivity index (χ0) is 19.8. The van der Waals surface area contributed by atoms with E-state index in [1.807, 2.05) is 32.0 Å². The summed E-state index contributed by atoms with van der Waals surface area (Å²) in [4.78, 5) is 29.9. The van der Waals surface area contributed by atoms with Crippen LogP contribution < -0.4 is 10.9 Å². The first kappa shape index (κ1) is 18.0. The number of rotatable bonds is 3. The molecule has 0 unspecified atom stereocenters. The lowest BCUT2D eigenvalue weighted by molar-refractivity contribution is 0.102. The van der Waals surface area contributed by atoms with Crippen LogP contribution in [-0.2, 0) is 7.05 Å². The maximum absolute atomic E-state index is 13.0. The number of pyridine rings is 2. The number of anilines is 1. The first-order valence-corrected chi connectivity index (χ1v) is 9.47. The molecule has 7 nitrogen and oxygen atoms in total. The number of aromatic nitrogens is 4. The van der Waals surface area contributed by atoms with E-state index in [-0.39, 0.29) is 11.5 Å². The van der Waals surface area contributed by atoms with Gasteiger partial charge in [-0.3, -0.25) is 19.9 Å². The van der Waals surface area contributed by atoms with Crippen molar-refractivity contribution >= 4 is 33.3 Å². The molecular weight excluding hydrogens is 374 g/mol. The molecule has 1 aromatic carbocycles. The van der Waals surface area contributed by atoms with Crippen LogP contribution >= 0.6 is 11.3 Å². The normalized spacial score (nSPS) is 11.0. The Labute approximate surface area is 164 Å². The summed E-state index contributed by atoms with van der Waals surface area (Å²) in [6.07, 6.45) is 1.76. The Bertz CT molecular complexity index is 1260. The van der Waals surface area contributed by atoms with Crippen LogP contribution in [0.1, 0.15) is 21.6 Å². The zero-order valence-corrected chi connectivity index (χ0v) is 16.4. The summed E-state index contributed by atoms with van der Waals surface area (Å²) in [5.41, 5.74) is 5.69. The molecule has 0 fully saturated rings. The van der Waals surface area contributed by atoms with Gasteiger partial charge in [-0.1, -0.05) is 17.4 Å². The third-order valence-electron chi connectivity index (χ3n) is 4.62. The van der Waals surface area contributed by atoms with Gasteiger partial charge in [-0.25, -0.2) is 0 Å². The monoisotopic (exact) mass is 391 g/mol. The summed E-state index contributed by atoms with van der Waals surface area (Å²) in [5.74, 6) is -0.298. The second kappa shape index (κ2) is 6.97. The number of fused-ring (bicyclic) bond motifs is 1. The molecule has 3 aromatic heterocycles. The molecule has 0 spiro atoms. The third kappa shape index (κ3) is 3.18. The molecule has 0 aliphatic rings. The van der Waals surface area contributed by atoms with Crippen LogP contribution in [0.25, 0.3) is 22.0 Å². The number of hydrogen-bond acceptors (Lipinski definition) is 6. The predicted octanol–water partition coefficient (Wildman–Crippen LogP) is 3.32. The average Bonchev–Trinajstić information content (AvgIpc) is 3.18. The van der Waals surface area contributed by atoms with Crippen molar-refractivity contribution in [2.45, 2.75) is 13.8 Å². The minimum atomic E-state index is -0.298. The molecule has 1 N–H and O–H groups in total. The molecule has 3 heterocycles. The lowest BCUT2D eigenvalue weighted by Gasteiger charge is -2.12. The van der Waals surface area contributed by atoms with Crippen molar-refractivity contribution in [3.8, 4) is 11.1 Å². The number of nitrogens with zero attached hydrogens (tertiary/aromatic N) is 4. The van der Waals surface area contributed by atoms with Crippen molar-refractivity contribution in [2.75, 3.05) is 5.32 Å². The minimum absolute atomic E-state index is 0.122. The molecule has 140 valence electrons. The fourth-order valence-electron chi connectivity index (χ4n) is 3.11. The quantitative estimate of drug-likeness (QED) is 0.579. The van der Waals surface area contributed by atoms with Gasteiger partial charge in [0, 0.05) is 35.5 Å². The Hall–Kier alpha value is -3.39. The van der Waals surface area contributed by atoms with Crippen LogP contribution in [0.3, 0.4) is 0 Å². The van der Waals surface area contributed by atoms with Gasteiger partial charge in [0.2, 0.25) is 5.13 Å². The maximum Gasteiger partial charge on any atom is 0.258 e. The zero-order valence-electron chi connectivity index (χ0n) is 15.6. The van der Waals surface area contributed by atoms with Crippen LogP contribution in [0.5, 0.6) is 0 Å². The Kier molecular flexibility index (Phi) is 4.48. The van der Waals surface area contributed by atoms with E-state index >= 15 is 0 Å². The standard InChI is InChI=1S/C20H17N5O2S/c1-11-4-5-13(18(26)23-20-24-22-10-28-20)7-15(11)16-8-14-9-21-12(2)6-17(14)25(3)19(16)27/h4-10H,1-3H3,(H,23,24,26). The Morgan fingerprint density at radius 2 is 1.96 bits per heavy atom. The summed E-state index contributed by atoms with van der Waals surface area (Å²) in [6.45, 7) is 3.81. The van der Waals surface area contributed by atoms with Gasteiger partial charge < -0.3 is 4.57 Å². The second-order valence-corrected chi connectivity index (χ2v) is 7.37. The number of carbonyl (C=O) groups is 1. The fourth-order valence-corrected chi connectivity index (χ4v) is 3.55. The summed E-state index contributed by atoms with van der Waals surface area (Å²) in [5, 5.41) is 11.5. The molecule has 0 radical (unpaired) electrons. The number of nitrogens with one attached hydrogen (secondary N) is 1. The van der Waals surface area contributed by atoms with Gasteiger partial charge in [0.1, 0.15) is 5.51 Å². The number of amides is 1. The molecular formula is C20H17N5O2S. The molecule has 0 aliphatic heterocycles. The molecule has 0 bridgehead atoms. The maximum atomic E-state index is 13.0. The Morgan fingerprint density at radius 3 is 2.71 bits per heavy atom. The second-order valence-electron chi connectivity index (χ2n) is 6.53. The van der Waals surface area contributed by atoms with Crippen molar-refractivity contribution in [2.24, 2.45) is 7.05 Å². The number of aryl methyl sites for hydroxylation is 3. The van der Waals surface area contributed by atoms with Gasteiger partial charge in [-0.05, 0) is 49.2 Å². The van der Waals surface area contributed by atoms with Gasteiger partial charge in [0.25, 0.3) is 11.5 Å². The van der Waals surface area contributed by atoms with E-state index in [1.54, 1.807) is 35.5 Å². The van der Waals surface area contributed by atoms with Crippen molar-refractivity contribution in [3.63, 3.8) is 0 Å². The van der Waals surface area contributed by atoms with E-state index < -0.39 is 0 Å². The van der Waals surface area contributed by atoms with E-state index in [9.17, 15) is 9.59 Å². The molecule has 8 heteroatoms. The number of carbonyl (C=O) groups excluding carboxylic acids is 1. The number of hydrogen-bond donors (Lipinski definition) is 1. The lowest BCUT2D eigenvalue weighted by atomic mass is 9.97. The van der Waals surface area contributed by atoms with E-state index in [1.165, 1.54) is 11.3 Å². The average molecular weight is 391 g/mol. The van der Waals surface area contributed by atoms with E-state index in [4.69, 9.17) is 0 Å². The highest BCUT2D eigenvalue weighted by Crippen LogP contribution is 2.25. The van der Waals surface area contributed by atoms with E-state index in [0.717, 1.165) is 22.2 Å². The highest BCUT2D eigenvalue weighted by molar-refractivity contribution is 7.13. The highest BCUT2D eigenvalue weighted by atomic mass is 32.1. The molecule has 0 saturated heterocycles. The van der Waals surface area contributed by atoms with Gasteiger partial charge in [-0.2, -0.15) is 0 Å². The van der Waals surface area contributed by atoms with Crippen LogP contribution in [0.2, 0.25) is 0 Å². The SMILES string of the molecule is Cc1cc2c(cn1)cc(-c1cc(C(=O)Nc3nncs3)ccc1C)c(=O)n2C. The largest absolute Gasteiger partial charge is 0.311 e. The number of benzene rings is 1. The molecule has 0 aliphatic carbocycles. The molecule has 0 atom stereocenters. The summed E-state index contributed by atoms with van der Waals surface area (Å²) < 4.78 is 1.62. The molecule has 4 rings (SSSR count). The minimum Gasteiger partial charge on any atom is -0.311 e. The summed E-state index contributed by atoms with van der Waals surface area (Å²) in [6, 6.07) is 9.01. The highest BCUT2D eigenvalue weighted by Gasteiger charge is 2.15. The van der Waals surface area contributed by atoms with Gasteiger partial charge >= 0.3 is 0 Å². The van der Waals surface area contributed by atoms with E-state index in [0.29, 0.717) is 21.8 Å². The summed E-state index contributed by atoms with van der Waals surface area (Å²) in [7, 11) is 1.75.